The summed E-state index contributed by atoms with van der Waals surface area (Å²) < 4.78 is 5.69. The molecule has 0 saturated heterocycles. The molecule has 2 aliphatic rings. The van der Waals surface area contributed by atoms with Crippen LogP contribution < -0.4 is 5.46 Å². The van der Waals surface area contributed by atoms with Crippen LogP contribution >= 0.6 is 15.9 Å². The van der Waals surface area contributed by atoms with Gasteiger partial charge in [-0.15, -0.1) is 0 Å². The molecule has 16 rings (SSSR count). The lowest BCUT2D eigenvalue weighted by Gasteiger charge is -2.11. The van der Waals surface area contributed by atoms with Crippen LogP contribution in [0.5, 0.6) is 0 Å². The standard InChI is InChI=1S/C35H23N.C18H14BNO2.C17H11Br/c1-2-9-28(10-3-1)36-33-13-7-6-12-30(33)31-19-18-25(22-34(31)36)24-16-14-23-15-17-27-20-26-8-4-5-11-29(26)35(27)32(23)21-24;21-19(22)13-10-11-16-15-8-4-5-9-17(15)20(18(16)12-13)14-6-2-1-3-7-14;18-14-8-7-11-5-6-13-9-12-3-1-2-4-15(12)17(13)16(11)10-14/h1-19,21-22H,20H2;1-12,21-22H;1-8,10H,9H2. The Morgan fingerprint density at radius 2 is 0.763 bits per heavy atom. The van der Waals surface area contributed by atoms with E-state index >= 15 is 0 Å². The third kappa shape index (κ3) is 7.84. The highest BCUT2D eigenvalue weighted by Gasteiger charge is 2.23. The molecule has 2 N–H and O–H groups in total. The summed E-state index contributed by atoms with van der Waals surface area (Å²) in [5.74, 6) is 0. The number of nitrogens with zero attached hydrogens (tertiary/aromatic N) is 2. The highest BCUT2D eigenvalue weighted by Crippen LogP contribution is 2.44. The number of fused-ring (bicyclic) bond motifs is 16. The Morgan fingerprint density at radius 1 is 0.329 bits per heavy atom. The van der Waals surface area contributed by atoms with Crippen LogP contribution in [0.2, 0.25) is 0 Å². The summed E-state index contributed by atoms with van der Waals surface area (Å²) >= 11 is 3.58. The van der Waals surface area contributed by atoms with E-state index in [-0.39, 0.29) is 0 Å². The molecule has 76 heavy (non-hydrogen) atoms. The van der Waals surface area contributed by atoms with E-state index in [0.29, 0.717) is 5.46 Å². The predicted molar refractivity (Wildman–Crippen MR) is 322 cm³/mol. The number of benzene rings is 12. The maximum absolute atomic E-state index is 9.47. The van der Waals surface area contributed by atoms with Gasteiger partial charge in [-0.1, -0.05) is 204 Å². The number of hydrogen-bond acceptors (Lipinski definition) is 2. The number of aromatic nitrogens is 2. The molecule has 360 valence electrons. The van der Waals surface area contributed by atoms with Crippen LogP contribution in [0.3, 0.4) is 0 Å². The van der Waals surface area contributed by atoms with E-state index in [1.165, 1.54) is 105 Å². The average molecular weight is 1040 g/mol. The fraction of sp³-hybridized carbons (Fsp3) is 0.0286. The SMILES string of the molecule is Brc1ccc2ccc3c(c2c1)-c1ccccc1C3.OB(O)c1ccc2c3ccccc3n(-c3ccccc3)c2c1.c1ccc(-n2c3ccccc3c3ccc(-c4ccc5ccc6c(c5c4)-c4ccccc4C6)cc32)cc1. The van der Waals surface area contributed by atoms with Gasteiger partial charge in [-0.3, -0.25) is 0 Å². The van der Waals surface area contributed by atoms with Crippen molar-refractivity contribution in [3.05, 3.63) is 282 Å². The van der Waals surface area contributed by atoms with Gasteiger partial charge in [0.1, 0.15) is 0 Å². The van der Waals surface area contributed by atoms with E-state index < -0.39 is 7.12 Å². The Balaban J connectivity index is 0.000000113. The molecule has 4 nitrogen and oxygen atoms in total. The fourth-order valence-corrected chi connectivity index (χ4v) is 12.4. The second kappa shape index (κ2) is 18.9. The van der Waals surface area contributed by atoms with Crippen molar-refractivity contribution in [2.45, 2.75) is 12.8 Å². The predicted octanol–water partition coefficient (Wildman–Crippen LogP) is 16.8. The topological polar surface area (TPSA) is 50.3 Å². The Hall–Kier alpha value is -8.78. The summed E-state index contributed by atoms with van der Waals surface area (Å²) in [5, 5.41) is 29.1. The van der Waals surface area contributed by atoms with Gasteiger partial charge < -0.3 is 19.2 Å². The molecule has 6 heteroatoms. The number of rotatable bonds is 4. The van der Waals surface area contributed by atoms with Crippen molar-refractivity contribution in [3.63, 3.8) is 0 Å². The Bertz CT molecular complexity index is 4580. The van der Waals surface area contributed by atoms with Crippen LogP contribution in [0.1, 0.15) is 22.3 Å². The zero-order chi connectivity index (χ0) is 50.9. The molecule has 0 unspecified atom stereocenters. The number of hydrogen-bond donors (Lipinski definition) is 2. The second-order valence-electron chi connectivity index (χ2n) is 19.9. The molecule has 2 aromatic heterocycles. The smallest absolute Gasteiger partial charge is 0.423 e. The lowest BCUT2D eigenvalue weighted by molar-refractivity contribution is 0.426. The van der Waals surface area contributed by atoms with E-state index in [1.54, 1.807) is 6.07 Å². The normalized spacial score (nSPS) is 12.0. The first kappa shape index (κ1) is 45.8. The minimum absolute atomic E-state index is 0.493. The minimum atomic E-state index is -1.47. The quantitative estimate of drug-likeness (QED) is 0.173. The molecule has 0 radical (unpaired) electrons. The van der Waals surface area contributed by atoms with Gasteiger partial charge in [-0.05, 0) is 162 Å². The zero-order valence-electron chi connectivity index (χ0n) is 41.4. The van der Waals surface area contributed by atoms with Crippen molar-refractivity contribution in [3.8, 4) is 44.8 Å². The minimum Gasteiger partial charge on any atom is -0.423 e. The monoisotopic (exact) mass is 1040 g/mol. The van der Waals surface area contributed by atoms with Crippen molar-refractivity contribution in [1.29, 1.82) is 0 Å². The van der Waals surface area contributed by atoms with Gasteiger partial charge >= 0.3 is 7.12 Å². The van der Waals surface area contributed by atoms with Crippen LogP contribution in [0, 0.1) is 0 Å². The Kier molecular flexibility index (Phi) is 11.4. The largest absolute Gasteiger partial charge is 0.488 e. The van der Waals surface area contributed by atoms with Crippen molar-refractivity contribution >= 4 is 93.7 Å². The molecule has 0 fully saturated rings. The lowest BCUT2D eigenvalue weighted by atomic mass is 9.80. The highest BCUT2D eigenvalue weighted by atomic mass is 79.9. The van der Waals surface area contributed by atoms with Gasteiger partial charge in [0, 0.05) is 37.4 Å². The summed E-state index contributed by atoms with van der Waals surface area (Å²) in [6.45, 7) is 0. The molecule has 0 bridgehead atoms. The summed E-state index contributed by atoms with van der Waals surface area (Å²) in [5.41, 5.74) is 21.2. The molecule has 0 saturated carbocycles. The lowest BCUT2D eigenvalue weighted by Crippen LogP contribution is -2.29. The molecular formula is C70H48BBrN2O2. The van der Waals surface area contributed by atoms with Crippen LogP contribution in [0.15, 0.2) is 259 Å². The van der Waals surface area contributed by atoms with Gasteiger partial charge in [-0.25, -0.2) is 0 Å². The first-order valence-electron chi connectivity index (χ1n) is 25.9. The average Bonchev–Trinajstić information content (AvgIpc) is 4.30. The van der Waals surface area contributed by atoms with Gasteiger partial charge in [0.05, 0.1) is 22.1 Å². The van der Waals surface area contributed by atoms with Crippen molar-refractivity contribution in [2.75, 3.05) is 0 Å². The maximum Gasteiger partial charge on any atom is 0.488 e. The van der Waals surface area contributed by atoms with Gasteiger partial charge in [0.2, 0.25) is 0 Å². The molecule has 12 aromatic carbocycles. The van der Waals surface area contributed by atoms with Crippen LogP contribution in [-0.2, 0) is 12.8 Å². The molecule has 0 amide bonds. The molecule has 0 aliphatic heterocycles. The Morgan fingerprint density at radius 3 is 1.34 bits per heavy atom. The molecule has 14 aromatic rings. The molecule has 2 heterocycles. The van der Waals surface area contributed by atoms with E-state index in [0.717, 1.165) is 44.8 Å². The van der Waals surface area contributed by atoms with Crippen LogP contribution in [0.4, 0.5) is 0 Å². The van der Waals surface area contributed by atoms with Gasteiger partial charge in [0.15, 0.2) is 0 Å². The third-order valence-electron chi connectivity index (χ3n) is 15.5. The summed E-state index contributed by atoms with van der Waals surface area (Å²) in [6.07, 6.45) is 2.09. The molecule has 0 spiro atoms. The van der Waals surface area contributed by atoms with Gasteiger partial charge in [0.25, 0.3) is 0 Å². The third-order valence-corrected chi connectivity index (χ3v) is 16.0. The maximum atomic E-state index is 9.47. The Labute approximate surface area is 449 Å². The molecule has 2 aliphatic carbocycles. The fourth-order valence-electron chi connectivity index (χ4n) is 12.1. The molecular weight excluding hydrogens is 991 g/mol. The van der Waals surface area contributed by atoms with E-state index in [1.807, 2.05) is 54.6 Å². The number of para-hydroxylation sites is 4. The highest BCUT2D eigenvalue weighted by molar-refractivity contribution is 9.10. The summed E-state index contributed by atoms with van der Waals surface area (Å²) in [7, 11) is -1.47. The second-order valence-corrected chi connectivity index (χ2v) is 20.8. The summed E-state index contributed by atoms with van der Waals surface area (Å²) in [6, 6.07) is 90.3. The number of halogens is 1. The zero-order valence-corrected chi connectivity index (χ0v) is 43.0. The first-order chi connectivity index (χ1) is 37.4. The van der Waals surface area contributed by atoms with E-state index in [2.05, 4.69) is 219 Å². The summed E-state index contributed by atoms with van der Waals surface area (Å²) in [4.78, 5) is 0. The van der Waals surface area contributed by atoms with Crippen LogP contribution in [-0.4, -0.2) is 26.3 Å². The molecule has 0 atom stereocenters. The van der Waals surface area contributed by atoms with Crippen LogP contribution in [0.25, 0.3) is 110 Å². The van der Waals surface area contributed by atoms with Crippen molar-refractivity contribution < 1.29 is 10.0 Å². The first-order valence-corrected chi connectivity index (χ1v) is 26.7. The van der Waals surface area contributed by atoms with Crippen molar-refractivity contribution in [1.82, 2.24) is 9.13 Å². The van der Waals surface area contributed by atoms with E-state index in [9.17, 15) is 10.0 Å². The van der Waals surface area contributed by atoms with E-state index in [4.69, 9.17) is 0 Å². The van der Waals surface area contributed by atoms with Gasteiger partial charge in [-0.2, -0.15) is 0 Å². The van der Waals surface area contributed by atoms with Crippen molar-refractivity contribution in [2.24, 2.45) is 0 Å².